The molecule has 1 saturated heterocycles. The van der Waals surface area contributed by atoms with Crippen LogP contribution >= 0.6 is 35.6 Å². The molecular weight excluding hydrogens is 489 g/mol. The number of aliphatic imine (C=N–C) groups is 1. The van der Waals surface area contributed by atoms with Gasteiger partial charge < -0.3 is 15.1 Å². The predicted molar refractivity (Wildman–Crippen MR) is 123 cm³/mol. The van der Waals surface area contributed by atoms with Crippen LogP contribution in [-0.4, -0.2) is 53.3 Å². The molecule has 1 amide bonds. The Morgan fingerprint density at radius 3 is 2.61 bits per heavy atom. The lowest BCUT2D eigenvalue weighted by Crippen LogP contribution is -2.54. The van der Waals surface area contributed by atoms with Gasteiger partial charge in [-0.2, -0.15) is 0 Å². The van der Waals surface area contributed by atoms with Crippen LogP contribution < -0.4 is 5.32 Å². The van der Waals surface area contributed by atoms with Crippen molar-refractivity contribution in [2.45, 2.75) is 20.0 Å². The van der Waals surface area contributed by atoms with Crippen molar-refractivity contribution < 1.29 is 4.79 Å². The smallest absolute Gasteiger partial charge is 0.242 e. The van der Waals surface area contributed by atoms with Crippen LogP contribution in [0.4, 0.5) is 0 Å². The van der Waals surface area contributed by atoms with Crippen LogP contribution in [0.5, 0.6) is 0 Å². The van der Waals surface area contributed by atoms with E-state index in [4.69, 9.17) is 11.6 Å². The summed E-state index contributed by atoms with van der Waals surface area (Å²) in [7, 11) is 1.73. The second-order valence-corrected chi connectivity index (χ2v) is 6.97. The number of hydrogen-bond acceptors (Lipinski definition) is 3. The van der Waals surface area contributed by atoms with Crippen LogP contribution in [0, 0.1) is 6.92 Å². The zero-order valence-electron chi connectivity index (χ0n) is 16.1. The van der Waals surface area contributed by atoms with Crippen molar-refractivity contribution in [1.82, 2.24) is 20.1 Å². The van der Waals surface area contributed by atoms with Gasteiger partial charge in [0, 0.05) is 37.4 Å². The second-order valence-electron chi connectivity index (χ2n) is 6.53. The number of rotatable bonds is 4. The summed E-state index contributed by atoms with van der Waals surface area (Å²) in [4.78, 5) is 25.2. The minimum Gasteiger partial charge on any atom is -0.351 e. The van der Waals surface area contributed by atoms with Crippen molar-refractivity contribution in [3.63, 3.8) is 0 Å². The lowest BCUT2D eigenvalue weighted by Gasteiger charge is -2.36. The van der Waals surface area contributed by atoms with Gasteiger partial charge in [-0.05, 0) is 36.8 Å². The molecule has 2 aromatic rings. The first-order chi connectivity index (χ1) is 13.0. The molecule has 2 heterocycles. The third kappa shape index (κ3) is 6.07. The van der Waals surface area contributed by atoms with E-state index < -0.39 is 0 Å². The van der Waals surface area contributed by atoms with Crippen molar-refractivity contribution in [3.05, 3.63) is 64.4 Å². The second kappa shape index (κ2) is 10.6. The molecule has 0 bridgehead atoms. The number of piperazine rings is 1. The van der Waals surface area contributed by atoms with E-state index in [1.165, 1.54) is 0 Å². The highest BCUT2D eigenvalue weighted by Gasteiger charge is 2.25. The molecule has 1 fully saturated rings. The molecule has 150 valence electrons. The van der Waals surface area contributed by atoms with Crippen LogP contribution in [0.25, 0.3) is 0 Å². The Kier molecular flexibility index (Phi) is 8.50. The normalized spacial score (nSPS) is 14.7. The highest BCUT2D eigenvalue weighted by atomic mass is 127. The van der Waals surface area contributed by atoms with Gasteiger partial charge in [0.15, 0.2) is 5.96 Å². The first-order valence-corrected chi connectivity index (χ1v) is 9.33. The van der Waals surface area contributed by atoms with Crippen molar-refractivity contribution in [2.75, 3.05) is 26.7 Å². The maximum atomic E-state index is 12.6. The third-order valence-corrected chi connectivity index (χ3v) is 4.74. The minimum absolute atomic E-state index is 0. The van der Waals surface area contributed by atoms with Gasteiger partial charge in [-0.25, -0.2) is 0 Å². The Hall–Kier alpha value is -1.87. The van der Waals surface area contributed by atoms with Crippen LogP contribution in [0.15, 0.2) is 47.5 Å². The van der Waals surface area contributed by atoms with Gasteiger partial charge in [-0.1, -0.05) is 29.8 Å². The summed E-state index contributed by atoms with van der Waals surface area (Å²) in [6.45, 7) is 4.85. The minimum atomic E-state index is 0. The molecule has 0 aliphatic carbocycles. The van der Waals surface area contributed by atoms with Crippen molar-refractivity contribution in [2.24, 2.45) is 4.99 Å². The molecule has 6 nitrogen and oxygen atoms in total. The van der Waals surface area contributed by atoms with E-state index in [9.17, 15) is 4.79 Å². The summed E-state index contributed by atoms with van der Waals surface area (Å²) < 4.78 is 0. The average molecular weight is 514 g/mol. The number of halogens is 2. The number of nitrogens with zero attached hydrogens (tertiary/aromatic N) is 4. The predicted octanol–water partition coefficient (Wildman–Crippen LogP) is 3.08. The molecule has 1 aromatic carbocycles. The molecule has 0 saturated carbocycles. The Labute approximate surface area is 188 Å². The fourth-order valence-electron chi connectivity index (χ4n) is 3.07. The molecule has 8 heteroatoms. The molecule has 28 heavy (non-hydrogen) atoms. The van der Waals surface area contributed by atoms with E-state index in [-0.39, 0.29) is 29.9 Å². The first kappa shape index (κ1) is 22.4. The van der Waals surface area contributed by atoms with Crippen LogP contribution in [0.1, 0.15) is 17.0 Å². The van der Waals surface area contributed by atoms with Gasteiger partial charge in [0.05, 0.1) is 18.8 Å². The number of pyridine rings is 1. The molecule has 0 spiro atoms. The maximum absolute atomic E-state index is 12.6. The van der Waals surface area contributed by atoms with Gasteiger partial charge in [0.25, 0.3) is 0 Å². The molecule has 0 radical (unpaired) electrons. The summed E-state index contributed by atoms with van der Waals surface area (Å²) in [6.07, 6.45) is 0. The van der Waals surface area contributed by atoms with Gasteiger partial charge in [-0.15, -0.1) is 24.0 Å². The molecule has 1 aromatic heterocycles. The first-order valence-electron chi connectivity index (χ1n) is 8.95. The fraction of sp³-hybridized carbons (Fsp3) is 0.350. The molecule has 1 N–H and O–H groups in total. The number of hydrogen-bond donors (Lipinski definition) is 1. The topological polar surface area (TPSA) is 60.8 Å². The van der Waals surface area contributed by atoms with Gasteiger partial charge in [0.2, 0.25) is 5.91 Å². The number of nitrogens with one attached hydrogen (secondary N) is 1. The zero-order valence-corrected chi connectivity index (χ0v) is 19.1. The lowest BCUT2D eigenvalue weighted by atomic mass is 10.2. The molecular formula is C20H25ClIN5O. The van der Waals surface area contributed by atoms with E-state index in [0.717, 1.165) is 29.5 Å². The largest absolute Gasteiger partial charge is 0.351 e. The number of aromatic nitrogens is 1. The summed E-state index contributed by atoms with van der Waals surface area (Å²) in [5, 5.41) is 4.00. The Bertz CT molecular complexity index is 828. The lowest BCUT2D eigenvalue weighted by molar-refractivity contribution is -0.135. The van der Waals surface area contributed by atoms with E-state index in [0.29, 0.717) is 31.2 Å². The van der Waals surface area contributed by atoms with E-state index in [1.54, 1.807) is 7.05 Å². The number of aryl methyl sites for hydroxylation is 1. The van der Waals surface area contributed by atoms with Gasteiger partial charge in [0.1, 0.15) is 0 Å². The Morgan fingerprint density at radius 2 is 1.96 bits per heavy atom. The summed E-state index contributed by atoms with van der Waals surface area (Å²) in [5.74, 6) is 0.811. The number of carbonyl (C=O) groups is 1. The van der Waals surface area contributed by atoms with Crippen molar-refractivity contribution >= 4 is 47.4 Å². The summed E-state index contributed by atoms with van der Waals surface area (Å²) >= 11 is 5.92. The molecule has 3 rings (SSSR count). The van der Waals surface area contributed by atoms with Crippen LogP contribution in [-0.2, 0) is 17.9 Å². The van der Waals surface area contributed by atoms with E-state index in [1.807, 2.05) is 59.2 Å². The molecule has 1 aliphatic heterocycles. The summed E-state index contributed by atoms with van der Waals surface area (Å²) in [6, 6.07) is 13.5. The zero-order chi connectivity index (χ0) is 19.2. The van der Waals surface area contributed by atoms with Crippen LogP contribution in [0.2, 0.25) is 5.02 Å². The highest BCUT2D eigenvalue weighted by molar-refractivity contribution is 14.0. The Morgan fingerprint density at radius 1 is 1.21 bits per heavy atom. The van der Waals surface area contributed by atoms with Gasteiger partial charge >= 0.3 is 0 Å². The van der Waals surface area contributed by atoms with Crippen molar-refractivity contribution in [3.8, 4) is 0 Å². The number of guanidine groups is 1. The fourth-order valence-corrected chi connectivity index (χ4v) is 3.19. The third-order valence-electron chi connectivity index (χ3n) is 4.49. The van der Waals surface area contributed by atoms with E-state index in [2.05, 4.69) is 15.3 Å². The molecule has 0 unspecified atom stereocenters. The number of amides is 1. The number of benzene rings is 1. The SMILES string of the molecule is CN=C(NCc1cccc(C)n1)N1CCN(Cc2ccc(Cl)cc2)C(=O)C1.I. The van der Waals surface area contributed by atoms with Crippen LogP contribution in [0.3, 0.4) is 0 Å². The quantitative estimate of drug-likeness (QED) is 0.388. The number of carbonyl (C=O) groups excluding carboxylic acids is 1. The van der Waals surface area contributed by atoms with Gasteiger partial charge in [-0.3, -0.25) is 14.8 Å². The maximum Gasteiger partial charge on any atom is 0.242 e. The average Bonchev–Trinajstić information content (AvgIpc) is 2.66. The molecule has 0 atom stereocenters. The molecule has 1 aliphatic rings. The van der Waals surface area contributed by atoms with Crippen molar-refractivity contribution in [1.29, 1.82) is 0 Å². The summed E-state index contributed by atoms with van der Waals surface area (Å²) in [5.41, 5.74) is 3.01. The highest BCUT2D eigenvalue weighted by Crippen LogP contribution is 2.13. The van der Waals surface area contributed by atoms with E-state index >= 15 is 0 Å². The Balaban J connectivity index is 0.00000280. The monoisotopic (exact) mass is 513 g/mol. The standard InChI is InChI=1S/C20H24ClN5O.HI/c1-15-4-3-5-18(24-15)12-23-20(22-2)26-11-10-25(19(27)14-26)13-16-6-8-17(21)9-7-16;/h3-9H,10-14H2,1-2H3,(H,22,23);1H.